The molecular weight excluding hydrogens is 149 g/mol. The highest BCUT2D eigenvalue weighted by Crippen LogP contribution is 2.01. The molecule has 0 spiro atoms. The van der Waals surface area contributed by atoms with Gasteiger partial charge in [0.25, 0.3) is 0 Å². The number of unbranched alkanes of at least 4 members (excludes halogenated alkanes) is 2. The van der Waals surface area contributed by atoms with E-state index in [9.17, 15) is 4.79 Å². The van der Waals surface area contributed by atoms with E-state index in [2.05, 4.69) is 4.52 Å². The minimum Gasteiger partial charge on any atom is -0.452 e. The van der Waals surface area contributed by atoms with Crippen LogP contribution in [-0.2, 0) is 9.32 Å². The average molecular weight is 163 g/mol. The van der Waals surface area contributed by atoms with E-state index in [1.807, 2.05) is 9.47 Å². The molecule has 0 aliphatic heterocycles. The highest BCUT2D eigenvalue weighted by Gasteiger charge is 1.97. The summed E-state index contributed by atoms with van der Waals surface area (Å²) in [7, 11) is 1.94. The molecule has 0 aliphatic rings. The summed E-state index contributed by atoms with van der Waals surface area (Å²) in [5.74, 6) is -0.165. The Hall–Kier alpha value is -0.140. The fraction of sp³-hybridized carbons (Fsp3) is 0.833. The van der Waals surface area contributed by atoms with Gasteiger partial charge in [0.1, 0.15) is 0 Å². The Morgan fingerprint density at radius 3 is 2.60 bits per heavy atom. The first-order chi connectivity index (χ1) is 4.81. The SMILES string of the molecule is NCCCCCC(=O)OP. The number of nitrogens with two attached hydrogens (primary N) is 1. The zero-order chi connectivity index (χ0) is 7.82. The molecule has 0 aromatic carbocycles. The topological polar surface area (TPSA) is 52.3 Å². The standard InChI is InChI=1S/C6H14NO2P/c7-5-3-1-2-4-6(8)9-10/h1-5,7,10H2. The van der Waals surface area contributed by atoms with Crippen molar-refractivity contribution in [3.63, 3.8) is 0 Å². The Bertz CT molecular complexity index is 97.7. The van der Waals surface area contributed by atoms with Crippen LogP contribution < -0.4 is 5.73 Å². The van der Waals surface area contributed by atoms with Gasteiger partial charge >= 0.3 is 5.97 Å². The van der Waals surface area contributed by atoms with Crippen molar-refractivity contribution in [1.82, 2.24) is 0 Å². The second kappa shape index (κ2) is 6.97. The minimum atomic E-state index is -0.165. The van der Waals surface area contributed by atoms with Crippen molar-refractivity contribution in [2.24, 2.45) is 5.73 Å². The van der Waals surface area contributed by atoms with E-state index in [4.69, 9.17) is 5.73 Å². The van der Waals surface area contributed by atoms with Crippen LogP contribution in [0.25, 0.3) is 0 Å². The van der Waals surface area contributed by atoms with Crippen molar-refractivity contribution < 1.29 is 9.32 Å². The molecule has 60 valence electrons. The fourth-order valence-electron chi connectivity index (χ4n) is 0.649. The lowest BCUT2D eigenvalue weighted by atomic mass is 10.2. The molecule has 10 heavy (non-hydrogen) atoms. The number of rotatable bonds is 5. The first-order valence-corrected chi connectivity index (χ1v) is 3.88. The second-order valence-corrected chi connectivity index (χ2v) is 2.32. The number of carbonyl (C=O) groups is 1. The molecule has 0 heterocycles. The van der Waals surface area contributed by atoms with Gasteiger partial charge in [0.05, 0.1) is 9.47 Å². The van der Waals surface area contributed by atoms with E-state index in [-0.39, 0.29) is 5.97 Å². The van der Waals surface area contributed by atoms with Crippen LogP contribution in [0.3, 0.4) is 0 Å². The molecule has 0 aromatic heterocycles. The summed E-state index contributed by atoms with van der Waals surface area (Å²) >= 11 is 0. The maximum absolute atomic E-state index is 10.5. The van der Waals surface area contributed by atoms with Crippen LogP contribution in [0.1, 0.15) is 25.7 Å². The highest BCUT2D eigenvalue weighted by atomic mass is 31.0. The van der Waals surface area contributed by atoms with Crippen LogP contribution in [0.2, 0.25) is 0 Å². The maximum Gasteiger partial charge on any atom is 0.307 e. The normalized spacial score (nSPS) is 9.40. The molecule has 0 bridgehead atoms. The van der Waals surface area contributed by atoms with E-state index < -0.39 is 0 Å². The quantitative estimate of drug-likeness (QED) is 0.482. The molecule has 0 rings (SSSR count). The van der Waals surface area contributed by atoms with Gasteiger partial charge in [-0.2, -0.15) is 0 Å². The zero-order valence-electron chi connectivity index (χ0n) is 6.01. The third kappa shape index (κ3) is 5.99. The molecule has 0 saturated carbocycles. The largest absolute Gasteiger partial charge is 0.452 e. The summed E-state index contributed by atoms with van der Waals surface area (Å²) in [5, 5.41) is 0. The first-order valence-electron chi connectivity index (χ1n) is 3.41. The van der Waals surface area contributed by atoms with Gasteiger partial charge in [-0.25, -0.2) is 0 Å². The first kappa shape index (κ1) is 9.86. The maximum atomic E-state index is 10.5. The Labute approximate surface area is 63.6 Å². The summed E-state index contributed by atoms with van der Waals surface area (Å²) in [6, 6.07) is 0. The van der Waals surface area contributed by atoms with Gasteiger partial charge in [-0.05, 0) is 19.4 Å². The molecule has 0 fully saturated rings. The Kier molecular flexibility index (Phi) is 6.88. The molecule has 0 aromatic rings. The van der Waals surface area contributed by atoms with Gasteiger partial charge in [0.15, 0.2) is 0 Å². The number of hydrogen-bond acceptors (Lipinski definition) is 3. The molecule has 3 nitrogen and oxygen atoms in total. The van der Waals surface area contributed by atoms with E-state index in [1.54, 1.807) is 0 Å². The molecule has 0 aliphatic carbocycles. The number of carbonyl (C=O) groups excluding carboxylic acids is 1. The van der Waals surface area contributed by atoms with Gasteiger partial charge in [0.2, 0.25) is 0 Å². The van der Waals surface area contributed by atoms with Crippen molar-refractivity contribution in [2.75, 3.05) is 6.54 Å². The van der Waals surface area contributed by atoms with E-state index in [0.717, 1.165) is 19.3 Å². The summed E-state index contributed by atoms with van der Waals surface area (Å²) in [6.45, 7) is 0.704. The smallest absolute Gasteiger partial charge is 0.307 e. The van der Waals surface area contributed by atoms with Gasteiger partial charge in [0, 0.05) is 6.42 Å². The zero-order valence-corrected chi connectivity index (χ0v) is 7.16. The predicted molar refractivity (Wildman–Crippen MR) is 43.3 cm³/mol. The summed E-state index contributed by atoms with van der Waals surface area (Å²) in [4.78, 5) is 10.5. The lowest BCUT2D eigenvalue weighted by molar-refractivity contribution is -0.133. The lowest BCUT2D eigenvalue weighted by Gasteiger charge is -1.96. The van der Waals surface area contributed by atoms with Crippen molar-refractivity contribution >= 4 is 15.4 Å². The molecule has 1 unspecified atom stereocenters. The Morgan fingerprint density at radius 1 is 1.40 bits per heavy atom. The minimum absolute atomic E-state index is 0.165. The summed E-state index contributed by atoms with van der Waals surface area (Å²) in [5.41, 5.74) is 5.26. The van der Waals surface area contributed by atoms with Crippen LogP contribution in [0.5, 0.6) is 0 Å². The van der Waals surface area contributed by atoms with Crippen molar-refractivity contribution in [2.45, 2.75) is 25.7 Å². The fourth-order valence-corrected chi connectivity index (χ4v) is 0.767. The molecular formula is C6H14NO2P. The van der Waals surface area contributed by atoms with Gasteiger partial charge in [-0.15, -0.1) is 0 Å². The van der Waals surface area contributed by atoms with Crippen LogP contribution in [0, 0.1) is 0 Å². The predicted octanol–water partition coefficient (Wildman–Crippen LogP) is 0.839. The number of hydrogen-bond donors (Lipinski definition) is 1. The Morgan fingerprint density at radius 2 is 2.10 bits per heavy atom. The molecule has 0 radical (unpaired) electrons. The monoisotopic (exact) mass is 163 g/mol. The van der Waals surface area contributed by atoms with Crippen LogP contribution in [0.4, 0.5) is 0 Å². The molecule has 4 heteroatoms. The summed E-state index contributed by atoms with van der Waals surface area (Å²) in [6.07, 6.45) is 3.38. The van der Waals surface area contributed by atoms with E-state index in [1.165, 1.54) is 0 Å². The van der Waals surface area contributed by atoms with Gasteiger partial charge < -0.3 is 10.3 Å². The molecule has 0 amide bonds. The average Bonchev–Trinajstić information content (AvgIpc) is 1.98. The second-order valence-electron chi connectivity index (χ2n) is 2.09. The molecule has 0 saturated heterocycles. The van der Waals surface area contributed by atoms with Crippen LogP contribution in [0.15, 0.2) is 0 Å². The molecule has 1 atom stereocenters. The third-order valence-corrected chi connectivity index (χ3v) is 1.48. The summed E-state index contributed by atoms with van der Waals surface area (Å²) < 4.78 is 4.38. The van der Waals surface area contributed by atoms with Crippen LogP contribution in [-0.4, -0.2) is 12.5 Å². The third-order valence-electron chi connectivity index (χ3n) is 1.22. The van der Waals surface area contributed by atoms with E-state index in [0.29, 0.717) is 13.0 Å². The lowest BCUT2D eigenvalue weighted by Crippen LogP contribution is -2.00. The van der Waals surface area contributed by atoms with Gasteiger partial charge in [-0.3, -0.25) is 4.79 Å². The van der Waals surface area contributed by atoms with Crippen molar-refractivity contribution in [3.8, 4) is 0 Å². The highest BCUT2D eigenvalue weighted by molar-refractivity contribution is 7.10. The Balaban J connectivity index is 2.96. The van der Waals surface area contributed by atoms with E-state index >= 15 is 0 Å². The van der Waals surface area contributed by atoms with Crippen LogP contribution >= 0.6 is 9.47 Å². The van der Waals surface area contributed by atoms with Crippen molar-refractivity contribution in [3.05, 3.63) is 0 Å². The van der Waals surface area contributed by atoms with Gasteiger partial charge in [-0.1, -0.05) is 6.42 Å². The van der Waals surface area contributed by atoms with Crippen molar-refractivity contribution in [1.29, 1.82) is 0 Å². The molecule has 2 N–H and O–H groups in total.